The van der Waals surface area contributed by atoms with E-state index < -0.39 is 0 Å². The summed E-state index contributed by atoms with van der Waals surface area (Å²) < 4.78 is 0.627. The fourth-order valence-electron chi connectivity index (χ4n) is 1.40. The molecule has 8 heteroatoms. The highest BCUT2D eigenvalue weighted by molar-refractivity contribution is 14.1. The zero-order valence-corrected chi connectivity index (χ0v) is 14.9. The zero-order chi connectivity index (χ0) is 15.1. The lowest BCUT2D eigenvalue weighted by molar-refractivity contribution is -0.115. The number of amides is 3. The smallest absolute Gasteiger partial charge is 0.234 e. The number of hydrogen-bond acceptors (Lipinski definition) is 3. The molecular formula is C12H13I2N3O3. The SMILES string of the molecule is CC(=O)Nc1ccc(NC(=O)CI)cc1NC(=O)CI. The lowest BCUT2D eigenvalue weighted by atomic mass is 10.2. The van der Waals surface area contributed by atoms with Crippen LogP contribution in [-0.4, -0.2) is 26.6 Å². The van der Waals surface area contributed by atoms with E-state index in [1.54, 1.807) is 18.2 Å². The number of halogens is 2. The second-order valence-electron chi connectivity index (χ2n) is 3.81. The van der Waals surface area contributed by atoms with Crippen LogP contribution in [0.2, 0.25) is 0 Å². The maximum Gasteiger partial charge on any atom is 0.234 e. The lowest BCUT2D eigenvalue weighted by Crippen LogP contribution is -2.17. The fourth-order valence-corrected chi connectivity index (χ4v) is 1.78. The third kappa shape index (κ3) is 5.61. The van der Waals surface area contributed by atoms with Crippen LogP contribution in [0.25, 0.3) is 0 Å². The third-order valence-corrected chi connectivity index (χ3v) is 3.52. The maximum absolute atomic E-state index is 11.5. The van der Waals surface area contributed by atoms with Crippen molar-refractivity contribution in [1.29, 1.82) is 0 Å². The highest BCUT2D eigenvalue weighted by atomic mass is 127. The van der Waals surface area contributed by atoms with Crippen LogP contribution >= 0.6 is 45.2 Å². The first-order chi connectivity index (χ1) is 9.46. The second-order valence-corrected chi connectivity index (χ2v) is 5.33. The predicted octanol–water partition coefficient (Wildman–Crippen LogP) is 2.39. The standard InChI is InChI=1S/C12H13I2N3O3/c1-7(18)15-9-3-2-8(16-11(19)5-13)4-10(9)17-12(20)6-14/h2-4H,5-6H2,1H3,(H,15,18)(H,16,19)(H,17,20). The van der Waals surface area contributed by atoms with Gasteiger partial charge in [0, 0.05) is 12.6 Å². The molecule has 0 aromatic heterocycles. The molecule has 0 fully saturated rings. The summed E-state index contributed by atoms with van der Waals surface area (Å²) in [5.74, 6) is -0.558. The summed E-state index contributed by atoms with van der Waals surface area (Å²) in [4.78, 5) is 34.0. The van der Waals surface area contributed by atoms with Crippen molar-refractivity contribution < 1.29 is 14.4 Å². The summed E-state index contributed by atoms with van der Waals surface area (Å²) in [6, 6.07) is 4.90. The van der Waals surface area contributed by atoms with Crippen molar-refractivity contribution in [2.24, 2.45) is 0 Å². The molecule has 0 heterocycles. The van der Waals surface area contributed by atoms with Gasteiger partial charge in [-0.2, -0.15) is 0 Å². The number of nitrogens with one attached hydrogen (secondary N) is 3. The molecule has 0 saturated carbocycles. The third-order valence-electron chi connectivity index (χ3n) is 2.13. The molecule has 1 aromatic carbocycles. The number of hydrogen-bond donors (Lipinski definition) is 3. The average Bonchev–Trinajstić information content (AvgIpc) is 2.40. The minimum absolute atomic E-state index is 0.135. The summed E-state index contributed by atoms with van der Waals surface area (Å²) in [6.45, 7) is 1.38. The molecule has 0 aliphatic rings. The van der Waals surface area contributed by atoms with Crippen LogP contribution < -0.4 is 16.0 Å². The Balaban J connectivity index is 3.03. The van der Waals surface area contributed by atoms with Crippen molar-refractivity contribution >= 4 is 80.0 Å². The largest absolute Gasteiger partial charge is 0.325 e. The molecule has 6 nitrogen and oxygen atoms in total. The Kier molecular flexibility index (Phi) is 7.19. The number of alkyl halides is 2. The second kappa shape index (κ2) is 8.39. The van der Waals surface area contributed by atoms with Crippen molar-refractivity contribution in [3.63, 3.8) is 0 Å². The van der Waals surface area contributed by atoms with Gasteiger partial charge in [-0.3, -0.25) is 14.4 Å². The van der Waals surface area contributed by atoms with E-state index in [0.29, 0.717) is 25.9 Å². The summed E-state index contributed by atoms with van der Waals surface area (Å²) in [5, 5.41) is 8.00. The van der Waals surface area contributed by atoms with Gasteiger partial charge in [-0.25, -0.2) is 0 Å². The van der Waals surface area contributed by atoms with Gasteiger partial charge in [-0.1, -0.05) is 45.2 Å². The Hall–Kier alpha value is -0.910. The van der Waals surface area contributed by atoms with E-state index >= 15 is 0 Å². The van der Waals surface area contributed by atoms with Crippen molar-refractivity contribution in [3.8, 4) is 0 Å². The molecular weight excluding hydrogens is 488 g/mol. The van der Waals surface area contributed by atoms with Crippen LogP contribution in [0, 0.1) is 0 Å². The van der Waals surface area contributed by atoms with Crippen LogP contribution in [0.3, 0.4) is 0 Å². The first-order valence-electron chi connectivity index (χ1n) is 5.59. The van der Waals surface area contributed by atoms with Crippen LogP contribution in [-0.2, 0) is 14.4 Å². The van der Waals surface area contributed by atoms with Gasteiger partial charge in [-0.15, -0.1) is 0 Å². The zero-order valence-electron chi connectivity index (χ0n) is 10.6. The van der Waals surface area contributed by atoms with Gasteiger partial charge >= 0.3 is 0 Å². The van der Waals surface area contributed by atoms with Gasteiger partial charge in [0.25, 0.3) is 0 Å². The molecule has 0 atom stereocenters. The summed E-state index contributed by atoms with van der Waals surface area (Å²) >= 11 is 3.90. The van der Waals surface area contributed by atoms with Gasteiger partial charge in [0.05, 0.1) is 20.2 Å². The molecule has 20 heavy (non-hydrogen) atoms. The Morgan fingerprint density at radius 1 is 0.950 bits per heavy atom. The van der Waals surface area contributed by atoms with E-state index in [0.717, 1.165) is 0 Å². The van der Waals surface area contributed by atoms with Gasteiger partial charge in [0.15, 0.2) is 0 Å². The Morgan fingerprint density at radius 3 is 2.10 bits per heavy atom. The molecule has 0 aliphatic carbocycles. The lowest BCUT2D eigenvalue weighted by Gasteiger charge is -2.13. The number of carbonyl (C=O) groups is 3. The highest BCUT2D eigenvalue weighted by Crippen LogP contribution is 2.26. The molecule has 0 spiro atoms. The van der Waals surface area contributed by atoms with Crippen molar-refractivity contribution in [2.75, 3.05) is 24.8 Å². The summed E-state index contributed by atoms with van der Waals surface area (Å²) in [7, 11) is 0. The number of benzene rings is 1. The van der Waals surface area contributed by atoms with Crippen LogP contribution in [0.4, 0.5) is 17.1 Å². The first kappa shape index (κ1) is 17.1. The van der Waals surface area contributed by atoms with Gasteiger partial charge in [0.1, 0.15) is 0 Å². The molecule has 0 bridgehead atoms. The quantitative estimate of drug-likeness (QED) is 0.428. The van der Waals surface area contributed by atoms with Gasteiger partial charge in [-0.05, 0) is 18.2 Å². The van der Waals surface area contributed by atoms with Crippen molar-refractivity contribution in [1.82, 2.24) is 0 Å². The minimum Gasteiger partial charge on any atom is -0.325 e. The van der Waals surface area contributed by atoms with E-state index in [4.69, 9.17) is 0 Å². The van der Waals surface area contributed by atoms with E-state index in [1.165, 1.54) is 6.92 Å². The Labute approximate surface area is 143 Å². The Bertz CT molecular complexity index is 535. The molecule has 0 aliphatic heterocycles. The molecule has 108 valence electrons. The molecule has 3 N–H and O–H groups in total. The van der Waals surface area contributed by atoms with E-state index in [1.807, 2.05) is 45.2 Å². The van der Waals surface area contributed by atoms with Gasteiger partial charge < -0.3 is 16.0 Å². The number of carbonyl (C=O) groups excluding carboxylic acids is 3. The Morgan fingerprint density at radius 2 is 1.55 bits per heavy atom. The van der Waals surface area contributed by atoms with Crippen LogP contribution in [0.5, 0.6) is 0 Å². The molecule has 1 aromatic rings. The molecule has 3 amide bonds. The van der Waals surface area contributed by atoms with Crippen molar-refractivity contribution in [2.45, 2.75) is 6.92 Å². The summed E-state index contributed by atoms with van der Waals surface area (Å²) in [6.07, 6.45) is 0. The molecule has 0 saturated heterocycles. The van der Waals surface area contributed by atoms with E-state index in [2.05, 4.69) is 16.0 Å². The number of anilines is 3. The molecule has 0 unspecified atom stereocenters. The molecule has 0 radical (unpaired) electrons. The minimum atomic E-state index is -0.237. The maximum atomic E-state index is 11.5. The molecule has 1 rings (SSSR count). The van der Waals surface area contributed by atoms with Crippen LogP contribution in [0.1, 0.15) is 6.92 Å². The van der Waals surface area contributed by atoms with E-state index in [9.17, 15) is 14.4 Å². The normalized spacial score (nSPS) is 9.75. The van der Waals surface area contributed by atoms with Crippen molar-refractivity contribution in [3.05, 3.63) is 18.2 Å². The summed E-state index contributed by atoms with van der Waals surface area (Å²) in [5.41, 5.74) is 1.50. The van der Waals surface area contributed by atoms with E-state index in [-0.39, 0.29) is 17.7 Å². The van der Waals surface area contributed by atoms with Crippen LogP contribution in [0.15, 0.2) is 18.2 Å². The predicted molar refractivity (Wildman–Crippen MR) is 95.8 cm³/mol. The topological polar surface area (TPSA) is 87.3 Å². The fraction of sp³-hybridized carbons (Fsp3) is 0.250. The van der Waals surface area contributed by atoms with Gasteiger partial charge in [0.2, 0.25) is 17.7 Å². The highest BCUT2D eigenvalue weighted by Gasteiger charge is 2.09. The average molecular weight is 501 g/mol. The first-order valence-corrected chi connectivity index (χ1v) is 8.64. The number of rotatable bonds is 5. The monoisotopic (exact) mass is 501 g/mol.